The van der Waals surface area contributed by atoms with Gasteiger partial charge in [0.05, 0.1) is 23.4 Å². The van der Waals surface area contributed by atoms with Crippen molar-refractivity contribution >= 4 is 45.3 Å². The van der Waals surface area contributed by atoms with E-state index in [0.717, 1.165) is 39.6 Å². The summed E-state index contributed by atoms with van der Waals surface area (Å²) in [6.45, 7) is 2.69. The van der Waals surface area contributed by atoms with Gasteiger partial charge in [-0.3, -0.25) is 4.90 Å². The van der Waals surface area contributed by atoms with Crippen LogP contribution in [0, 0.1) is 0 Å². The number of hydrogen-bond acceptors (Lipinski definition) is 7. The maximum absolute atomic E-state index is 10.6. The Balaban J connectivity index is 1.70. The fourth-order valence-electron chi connectivity index (χ4n) is 2.09. The number of aromatic nitrogens is 1. The largest absolute Gasteiger partial charge is 0.399 e. The van der Waals surface area contributed by atoms with Crippen molar-refractivity contribution in [3.8, 4) is 0 Å². The molecule has 1 fully saturated rings. The molecule has 0 aliphatic carbocycles. The highest BCUT2D eigenvalue weighted by Crippen LogP contribution is 2.34. The lowest BCUT2D eigenvalue weighted by Gasteiger charge is -2.30. The fraction of sp³-hybridized carbons (Fsp3) is 0.385. The minimum Gasteiger partial charge on any atom is -0.399 e. The molecule has 0 spiro atoms. The Morgan fingerprint density at radius 2 is 2.50 bits per heavy atom. The number of hydrogen-bond donors (Lipinski definition) is 1. The van der Waals surface area contributed by atoms with E-state index >= 15 is 0 Å². The van der Waals surface area contributed by atoms with Gasteiger partial charge in [0, 0.05) is 18.8 Å². The Morgan fingerprint density at radius 3 is 3.35 bits per heavy atom. The van der Waals surface area contributed by atoms with Crippen molar-refractivity contribution < 1.29 is 9.53 Å². The van der Waals surface area contributed by atoms with Gasteiger partial charge in [0.1, 0.15) is 11.7 Å². The molecule has 7 heteroatoms. The third-order valence-corrected chi connectivity index (χ3v) is 5.27. The standard InChI is InChI=1S/C13H15N3O2S2/c14-9-1-2-10-11(7-9)19-13(15-10)20-12-8-16(3-5-17)4-6-18-12/h1-2,5,7,12H,3-4,6,8,14H2. The number of nitrogen functional groups attached to an aromatic ring is 1. The maximum Gasteiger partial charge on any atom is 0.153 e. The second kappa shape index (κ2) is 6.09. The van der Waals surface area contributed by atoms with Crippen LogP contribution in [0.2, 0.25) is 0 Å². The lowest BCUT2D eigenvalue weighted by atomic mass is 10.3. The molecular formula is C13H15N3O2S2. The zero-order chi connectivity index (χ0) is 13.9. The van der Waals surface area contributed by atoms with E-state index in [0.29, 0.717) is 13.2 Å². The third-order valence-electron chi connectivity index (χ3n) is 3.08. The summed E-state index contributed by atoms with van der Waals surface area (Å²) in [5, 5.41) is 0. The fourth-order valence-corrected chi connectivity index (χ4v) is 4.45. The van der Waals surface area contributed by atoms with Crippen LogP contribution in [-0.2, 0) is 9.53 Å². The molecule has 1 atom stereocenters. The zero-order valence-corrected chi connectivity index (χ0v) is 12.5. The van der Waals surface area contributed by atoms with Crippen molar-refractivity contribution in [3.05, 3.63) is 18.2 Å². The van der Waals surface area contributed by atoms with E-state index in [-0.39, 0.29) is 5.44 Å². The molecule has 2 heterocycles. The molecule has 0 bridgehead atoms. The minimum absolute atomic E-state index is 0.0293. The first-order chi connectivity index (χ1) is 9.74. The molecule has 1 aliphatic heterocycles. The Kier molecular flexibility index (Phi) is 4.21. The molecule has 0 amide bonds. The van der Waals surface area contributed by atoms with Gasteiger partial charge in [0.15, 0.2) is 4.34 Å². The van der Waals surface area contributed by atoms with Gasteiger partial charge in [0.25, 0.3) is 0 Å². The van der Waals surface area contributed by atoms with Crippen LogP contribution in [0.15, 0.2) is 22.5 Å². The molecule has 20 heavy (non-hydrogen) atoms. The second-order valence-corrected chi connectivity index (χ2v) is 6.99. The number of nitrogens with two attached hydrogens (primary N) is 1. The van der Waals surface area contributed by atoms with Crippen LogP contribution in [0.3, 0.4) is 0 Å². The van der Waals surface area contributed by atoms with Gasteiger partial charge in [-0.15, -0.1) is 11.3 Å². The van der Waals surface area contributed by atoms with E-state index in [2.05, 4.69) is 9.88 Å². The Labute approximate surface area is 125 Å². The number of rotatable bonds is 4. The molecule has 0 saturated carbocycles. The Bertz CT molecular complexity index is 617. The molecule has 1 aliphatic rings. The molecule has 0 radical (unpaired) electrons. The highest BCUT2D eigenvalue weighted by atomic mass is 32.2. The van der Waals surface area contributed by atoms with Gasteiger partial charge in [-0.05, 0) is 18.2 Å². The maximum atomic E-state index is 10.6. The molecule has 106 valence electrons. The van der Waals surface area contributed by atoms with Gasteiger partial charge < -0.3 is 15.3 Å². The van der Waals surface area contributed by atoms with Crippen LogP contribution in [0.4, 0.5) is 5.69 Å². The van der Waals surface area contributed by atoms with Crippen molar-refractivity contribution in [2.24, 2.45) is 0 Å². The third kappa shape index (κ3) is 3.12. The van der Waals surface area contributed by atoms with Gasteiger partial charge in [-0.1, -0.05) is 11.8 Å². The first-order valence-electron chi connectivity index (χ1n) is 6.35. The number of thioether (sulfide) groups is 1. The topological polar surface area (TPSA) is 68.5 Å². The molecule has 1 unspecified atom stereocenters. The molecular weight excluding hydrogens is 294 g/mol. The van der Waals surface area contributed by atoms with Crippen molar-refractivity contribution in [2.75, 3.05) is 32.0 Å². The second-order valence-electron chi connectivity index (χ2n) is 4.55. The molecule has 5 nitrogen and oxygen atoms in total. The van der Waals surface area contributed by atoms with Gasteiger partial charge >= 0.3 is 0 Å². The van der Waals surface area contributed by atoms with Crippen LogP contribution >= 0.6 is 23.1 Å². The van der Waals surface area contributed by atoms with Gasteiger partial charge in [-0.2, -0.15) is 0 Å². The number of anilines is 1. The first kappa shape index (κ1) is 13.8. The summed E-state index contributed by atoms with van der Waals surface area (Å²) >= 11 is 3.24. The summed E-state index contributed by atoms with van der Waals surface area (Å²) < 4.78 is 7.79. The lowest BCUT2D eigenvalue weighted by Crippen LogP contribution is -2.41. The molecule has 3 rings (SSSR count). The van der Waals surface area contributed by atoms with E-state index in [9.17, 15) is 4.79 Å². The number of fused-ring (bicyclic) bond motifs is 1. The number of ether oxygens (including phenoxy) is 1. The van der Waals surface area contributed by atoms with Crippen LogP contribution in [0.5, 0.6) is 0 Å². The summed E-state index contributed by atoms with van der Waals surface area (Å²) in [4.78, 5) is 17.2. The molecule has 1 saturated heterocycles. The quantitative estimate of drug-likeness (QED) is 0.686. The summed E-state index contributed by atoms with van der Waals surface area (Å²) in [6, 6.07) is 5.74. The summed E-state index contributed by atoms with van der Waals surface area (Å²) in [6.07, 6.45) is 0.938. The zero-order valence-electron chi connectivity index (χ0n) is 10.8. The van der Waals surface area contributed by atoms with Crippen molar-refractivity contribution in [3.63, 3.8) is 0 Å². The first-order valence-corrected chi connectivity index (χ1v) is 8.04. The minimum atomic E-state index is 0.0293. The van der Waals surface area contributed by atoms with E-state index < -0.39 is 0 Å². The van der Waals surface area contributed by atoms with Crippen LogP contribution in [0.25, 0.3) is 10.2 Å². The number of morpholine rings is 1. The van der Waals surface area contributed by atoms with Crippen LogP contribution in [-0.4, -0.2) is 47.8 Å². The van der Waals surface area contributed by atoms with E-state index in [1.165, 1.54) is 0 Å². The highest BCUT2D eigenvalue weighted by molar-refractivity contribution is 8.01. The number of benzene rings is 1. The van der Waals surface area contributed by atoms with Gasteiger partial charge in [-0.25, -0.2) is 4.98 Å². The van der Waals surface area contributed by atoms with Crippen LogP contribution in [0.1, 0.15) is 0 Å². The number of carbonyl (C=O) groups is 1. The lowest BCUT2D eigenvalue weighted by molar-refractivity contribution is -0.110. The predicted octanol–water partition coefficient (Wildman–Crippen LogP) is 1.83. The Morgan fingerprint density at radius 1 is 1.60 bits per heavy atom. The SMILES string of the molecule is Nc1ccc2nc(SC3CN(CC=O)CCO3)sc2c1. The molecule has 1 aromatic heterocycles. The predicted molar refractivity (Wildman–Crippen MR) is 82.1 cm³/mol. The van der Waals surface area contributed by atoms with E-state index in [4.69, 9.17) is 10.5 Å². The van der Waals surface area contributed by atoms with Crippen molar-refractivity contribution in [2.45, 2.75) is 9.78 Å². The number of aldehydes is 1. The van der Waals surface area contributed by atoms with Crippen LogP contribution < -0.4 is 5.73 Å². The van der Waals surface area contributed by atoms with Crippen molar-refractivity contribution in [1.29, 1.82) is 0 Å². The summed E-state index contributed by atoms with van der Waals surface area (Å²) in [5.41, 5.74) is 7.52. The highest BCUT2D eigenvalue weighted by Gasteiger charge is 2.22. The van der Waals surface area contributed by atoms with E-state index in [1.54, 1.807) is 23.1 Å². The van der Waals surface area contributed by atoms with E-state index in [1.807, 2.05) is 18.2 Å². The van der Waals surface area contributed by atoms with Crippen molar-refractivity contribution in [1.82, 2.24) is 9.88 Å². The summed E-state index contributed by atoms with van der Waals surface area (Å²) in [7, 11) is 0. The average Bonchev–Trinajstić information content (AvgIpc) is 2.81. The number of carbonyl (C=O) groups excluding carboxylic acids is 1. The molecule has 2 aromatic rings. The smallest absolute Gasteiger partial charge is 0.153 e. The Hall–Kier alpha value is -1.15. The number of nitrogens with zero attached hydrogens (tertiary/aromatic N) is 2. The average molecular weight is 309 g/mol. The van der Waals surface area contributed by atoms with Gasteiger partial charge in [0.2, 0.25) is 0 Å². The number of thiazole rings is 1. The normalized spacial score (nSPS) is 20.3. The monoisotopic (exact) mass is 309 g/mol. The molecule has 2 N–H and O–H groups in total. The molecule has 1 aromatic carbocycles. The summed E-state index contributed by atoms with van der Waals surface area (Å²) in [5.74, 6) is 0.